The van der Waals surface area contributed by atoms with Crippen molar-refractivity contribution in [1.82, 2.24) is 4.57 Å². The summed E-state index contributed by atoms with van der Waals surface area (Å²) in [4.78, 5) is 12.3. The molecule has 94 valence electrons. The third kappa shape index (κ3) is 2.16. The molecule has 1 aromatic carbocycles. The third-order valence-corrected chi connectivity index (χ3v) is 2.97. The van der Waals surface area contributed by atoms with Gasteiger partial charge < -0.3 is 9.30 Å². The van der Waals surface area contributed by atoms with Crippen LogP contribution < -0.4 is 10.3 Å². The van der Waals surface area contributed by atoms with Crippen LogP contribution in [0.5, 0.6) is 5.75 Å². The highest BCUT2D eigenvalue weighted by molar-refractivity contribution is 5.83. The zero-order chi connectivity index (χ0) is 13.1. The molecular formula is C15H17NO2. The summed E-state index contributed by atoms with van der Waals surface area (Å²) < 4.78 is 7.22. The molecular weight excluding hydrogens is 226 g/mol. The molecule has 18 heavy (non-hydrogen) atoms. The molecule has 1 aromatic heterocycles. The fraction of sp³-hybridized carbons (Fsp3) is 0.267. The summed E-state index contributed by atoms with van der Waals surface area (Å²) in [5.74, 6) is 0.700. The van der Waals surface area contributed by atoms with E-state index in [0.29, 0.717) is 24.3 Å². The topological polar surface area (TPSA) is 31.2 Å². The maximum absolute atomic E-state index is 12.3. The zero-order valence-electron chi connectivity index (χ0n) is 10.8. The second kappa shape index (κ2) is 5.08. The smallest absolute Gasteiger partial charge is 0.258 e. The number of aryl methyl sites for hydroxylation is 1. The Labute approximate surface area is 106 Å². The quantitative estimate of drug-likeness (QED) is 0.773. The van der Waals surface area contributed by atoms with E-state index < -0.39 is 0 Å². The van der Waals surface area contributed by atoms with Gasteiger partial charge in [0.1, 0.15) is 12.4 Å². The molecule has 0 N–H and O–H groups in total. The Kier molecular flexibility index (Phi) is 3.51. The van der Waals surface area contributed by atoms with Crippen molar-refractivity contribution >= 4 is 10.8 Å². The molecule has 2 aromatic rings. The first kappa shape index (κ1) is 12.4. The molecule has 0 spiro atoms. The SMILES string of the molecule is C=CCOc1ccc2cc(C)n(CC)c(=O)c2c1. The highest BCUT2D eigenvalue weighted by Crippen LogP contribution is 2.19. The molecule has 0 atom stereocenters. The van der Waals surface area contributed by atoms with Crippen molar-refractivity contribution in [2.45, 2.75) is 20.4 Å². The van der Waals surface area contributed by atoms with Crippen molar-refractivity contribution in [3.8, 4) is 5.75 Å². The van der Waals surface area contributed by atoms with Crippen LogP contribution in [0.25, 0.3) is 10.8 Å². The fourth-order valence-corrected chi connectivity index (χ4v) is 2.09. The molecule has 0 fully saturated rings. The first-order chi connectivity index (χ1) is 8.67. The Hall–Kier alpha value is -2.03. The molecule has 0 aliphatic carbocycles. The van der Waals surface area contributed by atoms with Gasteiger partial charge in [0.25, 0.3) is 5.56 Å². The van der Waals surface area contributed by atoms with Crippen LogP contribution in [-0.4, -0.2) is 11.2 Å². The highest BCUT2D eigenvalue weighted by Gasteiger charge is 2.06. The van der Waals surface area contributed by atoms with E-state index in [-0.39, 0.29) is 5.56 Å². The van der Waals surface area contributed by atoms with Gasteiger partial charge in [0.05, 0.1) is 5.39 Å². The number of ether oxygens (including phenoxy) is 1. The summed E-state index contributed by atoms with van der Waals surface area (Å²) in [5.41, 5.74) is 1.02. The second-order valence-electron chi connectivity index (χ2n) is 4.18. The lowest BCUT2D eigenvalue weighted by Crippen LogP contribution is -2.21. The maximum atomic E-state index is 12.3. The first-order valence-corrected chi connectivity index (χ1v) is 6.05. The van der Waals surface area contributed by atoms with E-state index in [1.165, 1.54) is 0 Å². The van der Waals surface area contributed by atoms with Gasteiger partial charge >= 0.3 is 0 Å². The number of nitrogens with zero attached hydrogens (tertiary/aromatic N) is 1. The number of fused-ring (bicyclic) bond motifs is 1. The molecule has 3 nitrogen and oxygen atoms in total. The molecule has 0 amide bonds. The predicted molar refractivity (Wildman–Crippen MR) is 74.3 cm³/mol. The summed E-state index contributed by atoms with van der Waals surface area (Å²) in [7, 11) is 0. The van der Waals surface area contributed by atoms with Gasteiger partial charge in [-0.05, 0) is 37.4 Å². The fourth-order valence-electron chi connectivity index (χ4n) is 2.09. The number of hydrogen-bond donors (Lipinski definition) is 0. The molecule has 1 heterocycles. The van der Waals surface area contributed by atoms with Gasteiger partial charge in [0.15, 0.2) is 0 Å². The Morgan fingerprint density at radius 1 is 1.39 bits per heavy atom. The molecule has 0 aliphatic heterocycles. The van der Waals surface area contributed by atoms with E-state index in [0.717, 1.165) is 11.1 Å². The first-order valence-electron chi connectivity index (χ1n) is 6.05. The minimum absolute atomic E-state index is 0.0385. The highest BCUT2D eigenvalue weighted by atomic mass is 16.5. The van der Waals surface area contributed by atoms with Gasteiger partial charge in [-0.15, -0.1) is 0 Å². The van der Waals surface area contributed by atoms with E-state index in [4.69, 9.17) is 4.74 Å². The van der Waals surface area contributed by atoms with Crippen molar-refractivity contribution in [3.05, 3.63) is 53.0 Å². The average molecular weight is 243 g/mol. The standard InChI is InChI=1S/C15H17NO2/c1-4-8-18-13-7-6-12-9-11(3)16(5-2)15(17)14(12)10-13/h4,6-7,9-10H,1,5,8H2,2-3H3. The van der Waals surface area contributed by atoms with Crippen molar-refractivity contribution in [2.24, 2.45) is 0 Å². The number of aromatic nitrogens is 1. The summed E-state index contributed by atoms with van der Waals surface area (Å²) in [6.45, 7) is 8.65. The van der Waals surface area contributed by atoms with E-state index >= 15 is 0 Å². The Balaban J connectivity index is 2.61. The molecule has 0 aliphatic rings. The maximum Gasteiger partial charge on any atom is 0.258 e. The van der Waals surface area contributed by atoms with Crippen LogP contribution >= 0.6 is 0 Å². The summed E-state index contributed by atoms with van der Waals surface area (Å²) in [6.07, 6.45) is 1.68. The van der Waals surface area contributed by atoms with Crippen LogP contribution in [0.3, 0.4) is 0 Å². The Morgan fingerprint density at radius 3 is 2.83 bits per heavy atom. The number of benzene rings is 1. The summed E-state index contributed by atoms with van der Waals surface area (Å²) in [5, 5.41) is 1.65. The largest absolute Gasteiger partial charge is 0.490 e. The Morgan fingerprint density at radius 2 is 2.17 bits per heavy atom. The number of hydrogen-bond acceptors (Lipinski definition) is 2. The van der Waals surface area contributed by atoms with Gasteiger partial charge in [-0.2, -0.15) is 0 Å². The lowest BCUT2D eigenvalue weighted by atomic mass is 10.1. The lowest BCUT2D eigenvalue weighted by molar-refractivity contribution is 0.364. The van der Waals surface area contributed by atoms with Crippen LogP contribution in [0.15, 0.2) is 41.7 Å². The summed E-state index contributed by atoms with van der Waals surface area (Å²) in [6, 6.07) is 7.62. The normalized spacial score (nSPS) is 10.6. The average Bonchev–Trinajstić information content (AvgIpc) is 2.37. The molecule has 0 unspecified atom stereocenters. The molecule has 3 heteroatoms. The van der Waals surface area contributed by atoms with Crippen LogP contribution in [0.4, 0.5) is 0 Å². The Bertz CT molecular complexity index is 641. The number of pyridine rings is 1. The van der Waals surface area contributed by atoms with Gasteiger partial charge in [0, 0.05) is 12.2 Å². The molecule has 2 rings (SSSR count). The molecule has 0 saturated carbocycles. The van der Waals surface area contributed by atoms with Crippen LogP contribution in [-0.2, 0) is 6.54 Å². The van der Waals surface area contributed by atoms with Crippen LogP contribution in [0.2, 0.25) is 0 Å². The number of rotatable bonds is 4. The van der Waals surface area contributed by atoms with Gasteiger partial charge in [-0.25, -0.2) is 0 Å². The van der Waals surface area contributed by atoms with Gasteiger partial charge in [-0.1, -0.05) is 18.7 Å². The van der Waals surface area contributed by atoms with Crippen LogP contribution in [0.1, 0.15) is 12.6 Å². The van der Waals surface area contributed by atoms with E-state index in [9.17, 15) is 4.79 Å². The molecule has 0 radical (unpaired) electrons. The third-order valence-electron chi connectivity index (χ3n) is 2.97. The van der Waals surface area contributed by atoms with Gasteiger partial charge in [0.2, 0.25) is 0 Å². The van der Waals surface area contributed by atoms with Crippen LogP contribution in [0, 0.1) is 6.92 Å². The van der Waals surface area contributed by atoms with Crippen molar-refractivity contribution < 1.29 is 4.74 Å². The van der Waals surface area contributed by atoms with E-state index in [1.807, 2.05) is 32.0 Å². The minimum Gasteiger partial charge on any atom is -0.490 e. The zero-order valence-corrected chi connectivity index (χ0v) is 10.8. The lowest BCUT2D eigenvalue weighted by Gasteiger charge is -2.10. The van der Waals surface area contributed by atoms with E-state index in [1.54, 1.807) is 16.7 Å². The predicted octanol–water partition coefficient (Wildman–Crippen LogP) is 2.89. The van der Waals surface area contributed by atoms with E-state index in [2.05, 4.69) is 6.58 Å². The van der Waals surface area contributed by atoms with Gasteiger partial charge in [-0.3, -0.25) is 4.79 Å². The molecule has 0 saturated heterocycles. The second-order valence-corrected chi connectivity index (χ2v) is 4.18. The molecule has 0 bridgehead atoms. The van der Waals surface area contributed by atoms with Crippen molar-refractivity contribution in [2.75, 3.05) is 6.61 Å². The summed E-state index contributed by atoms with van der Waals surface area (Å²) >= 11 is 0. The van der Waals surface area contributed by atoms with Crippen molar-refractivity contribution in [3.63, 3.8) is 0 Å². The minimum atomic E-state index is 0.0385. The van der Waals surface area contributed by atoms with Crippen molar-refractivity contribution in [1.29, 1.82) is 0 Å². The monoisotopic (exact) mass is 243 g/mol.